The average molecular weight is 693 g/mol. The van der Waals surface area contributed by atoms with Crippen LogP contribution in [0, 0.1) is 0 Å². The van der Waals surface area contributed by atoms with Crippen molar-refractivity contribution in [1.29, 1.82) is 0 Å². The van der Waals surface area contributed by atoms with E-state index in [1.54, 1.807) is 0 Å². The number of hydrogen-bond acceptors (Lipinski definition) is 2. The van der Waals surface area contributed by atoms with Crippen LogP contribution in [0.4, 0.5) is 17.1 Å². The number of anilines is 3. The van der Waals surface area contributed by atoms with Crippen molar-refractivity contribution < 1.29 is 0 Å². The van der Waals surface area contributed by atoms with Gasteiger partial charge in [-0.05, 0) is 119 Å². The summed E-state index contributed by atoms with van der Waals surface area (Å²) in [6.07, 6.45) is 1.91. The van der Waals surface area contributed by atoms with Crippen molar-refractivity contribution in [2.45, 2.75) is 19.3 Å². The third kappa shape index (κ3) is 4.40. The number of fused-ring (bicyclic) bond motifs is 9. The molecule has 4 heteroatoms. The smallest absolute Gasteiger partial charge is 0.0963 e. The molecule has 3 heterocycles. The lowest BCUT2D eigenvalue weighted by atomic mass is 9.82. The van der Waals surface area contributed by atoms with Crippen molar-refractivity contribution in [3.63, 3.8) is 0 Å². The molecule has 0 aliphatic heterocycles. The Balaban J connectivity index is 1.08. The van der Waals surface area contributed by atoms with Crippen LogP contribution in [-0.2, 0) is 5.41 Å². The monoisotopic (exact) mass is 692 g/mol. The van der Waals surface area contributed by atoms with Crippen molar-refractivity contribution in [3.05, 3.63) is 193 Å². The first kappa shape index (κ1) is 30.7. The lowest BCUT2D eigenvalue weighted by Crippen LogP contribution is -2.14. The maximum absolute atomic E-state index is 4.94. The molecule has 0 N–H and O–H groups in total. The van der Waals surface area contributed by atoms with E-state index in [9.17, 15) is 0 Å². The zero-order valence-electron chi connectivity index (χ0n) is 30.1. The summed E-state index contributed by atoms with van der Waals surface area (Å²) < 4.78 is 4.75. The Morgan fingerprint density at radius 1 is 0.426 bits per heavy atom. The predicted octanol–water partition coefficient (Wildman–Crippen LogP) is 13.1. The molecule has 1 aliphatic carbocycles. The SMILES string of the molecule is CC1(C)c2ccccc2-c2cc3c(cc21)c1ncccc1n3-c1ccc(N(c2ccccc2)c2ccc3c(c2)c2ccccc2n3-c2ccccc2)cc1. The highest BCUT2D eigenvalue weighted by molar-refractivity contribution is 6.11. The summed E-state index contributed by atoms with van der Waals surface area (Å²) in [5.41, 5.74) is 16.5. The van der Waals surface area contributed by atoms with E-state index in [-0.39, 0.29) is 5.41 Å². The van der Waals surface area contributed by atoms with Crippen molar-refractivity contribution in [2.75, 3.05) is 4.90 Å². The van der Waals surface area contributed by atoms with Gasteiger partial charge >= 0.3 is 0 Å². The fourth-order valence-corrected chi connectivity index (χ4v) is 9.03. The molecule has 1 aliphatic rings. The second-order valence-electron chi connectivity index (χ2n) is 14.9. The van der Waals surface area contributed by atoms with Crippen molar-refractivity contribution in [3.8, 4) is 22.5 Å². The molecule has 0 radical (unpaired) electrons. The van der Waals surface area contributed by atoms with E-state index < -0.39 is 0 Å². The van der Waals surface area contributed by atoms with Crippen molar-refractivity contribution in [2.24, 2.45) is 0 Å². The highest BCUT2D eigenvalue weighted by Gasteiger charge is 2.36. The molecule has 0 bridgehead atoms. The summed E-state index contributed by atoms with van der Waals surface area (Å²) >= 11 is 0. The number of nitrogens with zero attached hydrogens (tertiary/aromatic N) is 4. The summed E-state index contributed by atoms with van der Waals surface area (Å²) in [5.74, 6) is 0. The first-order chi connectivity index (χ1) is 26.6. The maximum Gasteiger partial charge on any atom is 0.0963 e. The summed E-state index contributed by atoms with van der Waals surface area (Å²) in [6.45, 7) is 4.68. The maximum atomic E-state index is 4.94. The fourth-order valence-electron chi connectivity index (χ4n) is 9.03. The molecule has 0 atom stereocenters. The Hall–Kier alpha value is -6.91. The van der Waals surface area contributed by atoms with Crippen LogP contribution in [0.3, 0.4) is 0 Å². The molecule has 7 aromatic carbocycles. The van der Waals surface area contributed by atoms with Crippen LogP contribution in [0.25, 0.3) is 66.2 Å². The molecule has 0 unspecified atom stereocenters. The van der Waals surface area contributed by atoms with E-state index in [2.05, 4.69) is 198 Å². The Bertz CT molecular complexity index is 3060. The van der Waals surface area contributed by atoms with Crippen LogP contribution in [0.15, 0.2) is 182 Å². The van der Waals surface area contributed by atoms with Gasteiger partial charge in [-0.1, -0.05) is 92.7 Å². The predicted molar refractivity (Wildman–Crippen MR) is 225 cm³/mol. The fraction of sp³-hybridized carbons (Fsp3) is 0.0600. The van der Waals surface area contributed by atoms with Crippen LogP contribution < -0.4 is 4.90 Å². The molecular weight excluding hydrogens is 657 g/mol. The highest BCUT2D eigenvalue weighted by Crippen LogP contribution is 2.51. The van der Waals surface area contributed by atoms with Gasteiger partial charge in [0.05, 0.1) is 27.6 Å². The molecule has 4 nitrogen and oxygen atoms in total. The largest absolute Gasteiger partial charge is 0.310 e. The Morgan fingerprint density at radius 2 is 1.06 bits per heavy atom. The quantitative estimate of drug-likeness (QED) is 0.179. The number of para-hydroxylation sites is 3. The summed E-state index contributed by atoms with van der Waals surface area (Å²) in [4.78, 5) is 7.30. The van der Waals surface area contributed by atoms with Crippen molar-refractivity contribution >= 4 is 60.8 Å². The third-order valence-corrected chi connectivity index (χ3v) is 11.5. The van der Waals surface area contributed by atoms with Gasteiger partial charge in [0.1, 0.15) is 0 Å². The lowest BCUT2D eigenvalue weighted by molar-refractivity contribution is 0.661. The molecule has 11 rings (SSSR count). The van der Waals surface area contributed by atoms with Gasteiger partial charge in [-0.3, -0.25) is 4.98 Å². The molecule has 0 spiro atoms. The standard InChI is InChI=1S/C50H36N4/c1-50(2)43-20-11-9-18-38(43)40-32-48-42(31-44(40)50)49-47(22-13-29-51-49)54(48)36-25-23-35(24-26-36)52(33-14-5-3-6-15-33)37-27-28-46-41(30-37)39-19-10-12-21-45(39)53(46)34-16-7-4-8-17-34/h3-32H,1-2H3. The number of pyridine rings is 1. The first-order valence-corrected chi connectivity index (χ1v) is 18.6. The number of benzene rings is 7. The van der Waals surface area contributed by atoms with Gasteiger partial charge in [0, 0.05) is 56.2 Å². The van der Waals surface area contributed by atoms with Gasteiger partial charge in [-0.25, -0.2) is 0 Å². The van der Waals surface area contributed by atoms with Crippen LogP contribution in [0.2, 0.25) is 0 Å². The normalized spacial score (nSPS) is 13.1. The summed E-state index contributed by atoms with van der Waals surface area (Å²) in [5, 5.41) is 3.64. The lowest BCUT2D eigenvalue weighted by Gasteiger charge is -2.26. The van der Waals surface area contributed by atoms with Gasteiger partial charge in [0.25, 0.3) is 0 Å². The molecule has 0 saturated heterocycles. The van der Waals surface area contributed by atoms with Crippen LogP contribution in [-0.4, -0.2) is 14.1 Å². The molecule has 256 valence electrons. The number of aromatic nitrogens is 3. The van der Waals surface area contributed by atoms with E-state index in [1.807, 2.05) is 12.3 Å². The molecule has 0 amide bonds. The van der Waals surface area contributed by atoms with Crippen LogP contribution >= 0.6 is 0 Å². The second kappa shape index (κ2) is 11.5. The van der Waals surface area contributed by atoms with E-state index in [0.717, 1.165) is 39.5 Å². The first-order valence-electron chi connectivity index (χ1n) is 18.6. The minimum atomic E-state index is -0.0780. The van der Waals surface area contributed by atoms with Gasteiger partial charge in [0.15, 0.2) is 0 Å². The van der Waals surface area contributed by atoms with E-state index in [1.165, 1.54) is 55.0 Å². The third-order valence-electron chi connectivity index (χ3n) is 11.5. The molecule has 3 aromatic heterocycles. The Labute approximate surface area is 313 Å². The van der Waals surface area contributed by atoms with E-state index in [4.69, 9.17) is 4.98 Å². The zero-order valence-corrected chi connectivity index (χ0v) is 30.1. The summed E-state index contributed by atoms with van der Waals surface area (Å²) in [7, 11) is 0. The van der Waals surface area contributed by atoms with Crippen LogP contribution in [0.5, 0.6) is 0 Å². The van der Waals surface area contributed by atoms with Gasteiger partial charge in [0.2, 0.25) is 0 Å². The Morgan fingerprint density at radius 3 is 1.89 bits per heavy atom. The minimum absolute atomic E-state index is 0.0780. The van der Waals surface area contributed by atoms with E-state index >= 15 is 0 Å². The van der Waals surface area contributed by atoms with Crippen molar-refractivity contribution in [1.82, 2.24) is 14.1 Å². The molecule has 10 aromatic rings. The van der Waals surface area contributed by atoms with Crippen LogP contribution in [0.1, 0.15) is 25.0 Å². The van der Waals surface area contributed by atoms with Gasteiger partial charge < -0.3 is 14.0 Å². The average Bonchev–Trinajstić information content (AvgIpc) is 3.81. The highest BCUT2D eigenvalue weighted by atomic mass is 15.1. The van der Waals surface area contributed by atoms with Gasteiger partial charge in [-0.2, -0.15) is 0 Å². The minimum Gasteiger partial charge on any atom is -0.310 e. The Kier molecular flexibility index (Phi) is 6.56. The van der Waals surface area contributed by atoms with E-state index in [0.29, 0.717) is 0 Å². The molecule has 0 saturated carbocycles. The summed E-state index contributed by atoms with van der Waals surface area (Å²) in [6, 6.07) is 63.8. The van der Waals surface area contributed by atoms with Gasteiger partial charge in [-0.15, -0.1) is 0 Å². The second-order valence-corrected chi connectivity index (χ2v) is 14.9. The molecule has 54 heavy (non-hydrogen) atoms. The number of hydrogen-bond donors (Lipinski definition) is 0. The zero-order chi connectivity index (χ0) is 36.0. The molecular formula is C50H36N4. The number of rotatable bonds is 5. The topological polar surface area (TPSA) is 26.0 Å². The molecule has 0 fully saturated rings.